The Labute approximate surface area is 120 Å². The summed E-state index contributed by atoms with van der Waals surface area (Å²) in [6.07, 6.45) is 2.62. The number of sulfonamides is 1. The highest BCUT2D eigenvalue weighted by molar-refractivity contribution is 7.92. The summed E-state index contributed by atoms with van der Waals surface area (Å²) in [7, 11) is -2.68. The molecular weight excluding hydrogens is 300 g/mol. The Kier molecular flexibility index (Phi) is 3.98. The van der Waals surface area contributed by atoms with Gasteiger partial charge in [-0.3, -0.25) is 4.68 Å². The minimum Gasteiger partial charge on any atom is -0.464 e. The summed E-state index contributed by atoms with van der Waals surface area (Å²) in [5.41, 5.74) is -0.131. The fourth-order valence-corrected chi connectivity index (χ4v) is 2.37. The average Bonchev–Trinajstić information content (AvgIpc) is 3.05. The van der Waals surface area contributed by atoms with Gasteiger partial charge in [0, 0.05) is 18.3 Å². The number of hydrogen-bond donors (Lipinski definition) is 1. The van der Waals surface area contributed by atoms with Gasteiger partial charge in [-0.25, -0.2) is 17.9 Å². The minimum absolute atomic E-state index is 0.0211. The molecule has 2 aromatic heterocycles. The highest BCUT2D eigenvalue weighted by atomic mass is 32.2. The lowest BCUT2D eigenvalue weighted by Crippen LogP contribution is -2.12. The van der Waals surface area contributed by atoms with Crippen molar-refractivity contribution in [2.24, 2.45) is 0 Å². The first-order valence-electron chi connectivity index (χ1n) is 5.95. The van der Waals surface area contributed by atoms with Crippen LogP contribution in [-0.2, 0) is 14.8 Å². The number of nitrogens with zero attached hydrogens (tertiary/aromatic N) is 3. The monoisotopic (exact) mass is 314 g/mol. The minimum atomic E-state index is -3.86. The first-order chi connectivity index (χ1) is 9.83. The summed E-state index contributed by atoms with van der Waals surface area (Å²) in [5, 5.41) is 7.35. The smallest absolute Gasteiger partial charge is 0.360 e. The van der Waals surface area contributed by atoms with E-state index in [4.69, 9.17) is 4.52 Å². The highest BCUT2D eigenvalue weighted by Crippen LogP contribution is 2.17. The zero-order chi connectivity index (χ0) is 15.6. The Bertz CT molecular complexity index is 746. The van der Waals surface area contributed by atoms with E-state index in [1.165, 1.54) is 24.2 Å². The van der Waals surface area contributed by atoms with E-state index in [0.29, 0.717) is 0 Å². The molecule has 0 radical (unpaired) electrons. The van der Waals surface area contributed by atoms with E-state index in [2.05, 4.69) is 19.7 Å². The van der Waals surface area contributed by atoms with Gasteiger partial charge in [0.1, 0.15) is 4.90 Å². The standard InChI is InChI=1S/C11H14N4O5S/c1-7(2)15-6-8(5-12-15)21(17,18)14-10-4-9(13-20-10)11(16)19-3/h4-7,14H,1-3H3. The maximum Gasteiger partial charge on any atom is 0.360 e. The Morgan fingerprint density at radius 1 is 1.48 bits per heavy atom. The maximum absolute atomic E-state index is 12.1. The van der Waals surface area contributed by atoms with Crippen molar-refractivity contribution in [3.05, 3.63) is 24.2 Å². The third-order valence-electron chi connectivity index (χ3n) is 2.56. The van der Waals surface area contributed by atoms with Crippen molar-refractivity contribution in [2.75, 3.05) is 11.8 Å². The predicted octanol–water partition coefficient (Wildman–Crippen LogP) is 1.04. The van der Waals surface area contributed by atoms with Crippen LogP contribution in [0.25, 0.3) is 0 Å². The number of carbonyl (C=O) groups excluding carboxylic acids is 1. The van der Waals surface area contributed by atoms with Crippen molar-refractivity contribution in [2.45, 2.75) is 24.8 Å². The third-order valence-corrected chi connectivity index (χ3v) is 3.86. The van der Waals surface area contributed by atoms with Crippen molar-refractivity contribution in [3.8, 4) is 0 Å². The van der Waals surface area contributed by atoms with Crippen LogP contribution in [0, 0.1) is 0 Å². The van der Waals surface area contributed by atoms with Gasteiger partial charge in [0.2, 0.25) is 5.88 Å². The molecule has 2 rings (SSSR count). The Hall–Kier alpha value is -2.36. The number of rotatable bonds is 5. The molecule has 10 heteroatoms. The van der Waals surface area contributed by atoms with Gasteiger partial charge in [0.05, 0.1) is 13.3 Å². The normalized spacial score (nSPS) is 11.6. The van der Waals surface area contributed by atoms with Gasteiger partial charge in [-0.05, 0) is 13.8 Å². The molecule has 0 aliphatic heterocycles. The van der Waals surface area contributed by atoms with E-state index in [0.717, 1.165) is 6.07 Å². The predicted molar refractivity (Wildman–Crippen MR) is 71.3 cm³/mol. The summed E-state index contributed by atoms with van der Waals surface area (Å²) in [6.45, 7) is 3.74. The molecule has 2 aromatic rings. The second-order valence-electron chi connectivity index (χ2n) is 4.42. The van der Waals surface area contributed by atoms with E-state index in [1.807, 2.05) is 13.8 Å². The number of ether oxygens (including phenoxy) is 1. The third kappa shape index (κ3) is 3.21. The zero-order valence-corrected chi connectivity index (χ0v) is 12.4. The molecule has 0 unspecified atom stereocenters. The number of hydrogen-bond acceptors (Lipinski definition) is 7. The average molecular weight is 314 g/mol. The summed E-state index contributed by atoms with van der Waals surface area (Å²) >= 11 is 0. The molecule has 0 bridgehead atoms. The number of anilines is 1. The van der Waals surface area contributed by atoms with E-state index in [9.17, 15) is 13.2 Å². The zero-order valence-electron chi connectivity index (χ0n) is 11.6. The van der Waals surface area contributed by atoms with Gasteiger partial charge >= 0.3 is 5.97 Å². The summed E-state index contributed by atoms with van der Waals surface area (Å²) in [5.74, 6) is -0.912. The Morgan fingerprint density at radius 3 is 2.76 bits per heavy atom. The van der Waals surface area contributed by atoms with Gasteiger partial charge in [-0.2, -0.15) is 5.10 Å². The molecule has 0 aromatic carbocycles. The number of methoxy groups -OCH3 is 1. The Morgan fingerprint density at radius 2 is 2.19 bits per heavy atom. The topological polar surface area (TPSA) is 116 Å². The van der Waals surface area contributed by atoms with Crippen LogP contribution in [0.3, 0.4) is 0 Å². The molecule has 1 N–H and O–H groups in total. The fraction of sp³-hybridized carbons (Fsp3) is 0.364. The molecule has 9 nitrogen and oxygen atoms in total. The van der Waals surface area contributed by atoms with E-state index in [1.54, 1.807) is 0 Å². The lowest BCUT2D eigenvalue weighted by atomic mass is 10.4. The van der Waals surface area contributed by atoms with Gasteiger partial charge < -0.3 is 9.26 Å². The van der Waals surface area contributed by atoms with Crippen LogP contribution in [0.2, 0.25) is 0 Å². The van der Waals surface area contributed by atoms with Crippen LogP contribution >= 0.6 is 0 Å². The molecule has 0 atom stereocenters. The van der Waals surface area contributed by atoms with Gasteiger partial charge in [-0.1, -0.05) is 5.16 Å². The van der Waals surface area contributed by atoms with Crippen LogP contribution in [-0.4, -0.2) is 36.4 Å². The number of esters is 1. The van der Waals surface area contributed by atoms with Crippen molar-refractivity contribution < 1.29 is 22.5 Å². The molecule has 0 spiro atoms. The molecular formula is C11H14N4O5S. The van der Waals surface area contributed by atoms with Crippen LogP contribution in [0.5, 0.6) is 0 Å². The number of carbonyl (C=O) groups is 1. The fourth-order valence-electron chi connectivity index (χ4n) is 1.46. The first-order valence-corrected chi connectivity index (χ1v) is 7.44. The van der Waals surface area contributed by atoms with Gasteiger partial charge in [0.15, 0.2) is 5.69 Å². The van der Waals surface area contributed by atoms with Crippen LogP contribution in [0.15, 0.2) is 27.9 Å². The molecule has 0 fully saturated rings. The number of nitrogens with one attached hydrogen (secondary N) is 1. The first kappa shape index (κ1) is 15.0. The lowest BCUT2D eigenvalue weighted by molar-refractivity contribution is 0.0589. The molecule has 114 valence electrons. The molecule has 0 saturated carbocycles. The molecule has 2 heterocycles. The summed E-state index contributed by atoms with van der Waals surface area (Å²) in [6, 6.07) is 1.17. The van der Waals surface area contributed by atoms with Crippen molar-refractivity contribution >= 4 is 21.9 Å². The van der Waals surface area contributed by atoms with E-state index in [-0.39, 0.29) is 22.5 Å². The largest absolute Gasteiger partial charge is 0.464 e. The van der Waals surface area contributed by atoms with Gasteiger partial charge in [0.25, 0.3) is 10.0 Å². The molecule has 0 amide bonds. The lowest BCUT2D eigenvalue weighted by Gasteiger charge is -2.03. The van der Waals surface area contributed by atoms with Crippen LogP contribution < -0.4 is 4.72 Å². The number of aromatic nitrogens is 3. The quantitative estimate of drug-likeness (QED) is 0.819. The van der Waals surface area contributed by atoms with Crippen molar-refractivity contribution in [1.82, 2.24) is 14.9 Å². The second-order valence-corrected chi connectivity index (χ2v) is 6.11. The summed E-state index contributed by atoms with van der Waals surface area (Å²) in [4.78, 5) is 11.2. The van der Waals surface area contributed by atoms with Crippen molar-refractivity contribution in [3.63, 3.8) is 0 Å². The van der Waals surface area contributed by atoms with Crippen LogP contribution in [0.1, 0.15) is 30.4 Å². The SMILES string of the molecule is COC(=O)c1cc(NS(=O)(=O)c2cnn(C(C)C)c2)on1. The van der Waals surface area contributed by atoms with Crippen LogP contribution in [0.4, 0.5) is 5.88 Å². The summed E-state index contributed by atoms with van der Waals surface area (Å²) < 4.78 is 37.1. The Balaban J connectivity index is 2.20. The van der Waals surface area contributed by atoms with E-state index < -0.39 is 16.0 Å². The van der Waals surface area contributed by atoms with Gasteiger partial charge in [-0.15, -0.1) is 0 Å². The molecule has 0 saturated heterocycles. The highest BCUT2D eigenvalue weighted by Gasteiger charge is 2.21. The van der Waals surface area contributed by atoms with E-state index >= 15 is 0 Å². The molecule has 21 heavy (non-hydrogen) atoms. The maximum atomic E-state index is 12.1. The van der Waals surface area contributed by atoms with Crippen molar-refractivity contribution in [1.29, 1.82) is 0 Å². The second kappa shape index (κ2) is 5.56. The molecule has 0 aliphatic carbocycles. The molecule has 0 aliphatic rings.